The van der Waals surface area contributed by atoms with Gasteiger partial charge in [-0.2, -0.15) is 0 Å². The van der Waals surface area contributed by atoms with Crippen LogP contribution in [0.3, 0.4) is 0 Å². The molecule has 1 heteroatoms. The standard InChI is InChI=1S/C28H23N/c1-5-13-19(7-3)25-26-23-17-11-9-15-21(23)22-16-10-12-18-24(22)28(26)29-27(25)20(8-4)14-6-2/h5-18,29H,1-4H2/b19-13+,20-14+. The van der Waals surface area contributed by atoms with Crippen LogP contribution < -0.4 is 0 Å². The summed E-state index contributed by atoms with van der Waals surface area (Å²) in [5, 5.41) is 6.04. The first kappa shape index (κ1) is 18.5. The topological polar surface area (TPSA) is 15.8 Å². The predicted molar refractivity (Wildman–Crippen MR) is 130 cm³/mol. The van der Waals surface area contributed by atoms with Gasteiger partial charge in [0.05, 0.1) is 11.2 Å². The average molecular weight is 373 g/mol. The van der Waals surface area contributed by atoms with Gasteiger partial charge in [-0.05, 0) is 27.3 Å². The van der Waals surface area contributed by atoms with Crippen molar-refractivity contribution in [3.05, 3.63) is 123 Å². The summed E-state index contributed by atoms with van der Waals surface area (Å²) in [4.78, 5) is 3.70. The second-order valence-corrected chi connectivity index (χ2v) is 6.84. The van der Waals surface area contributed by atoms with Crippen molar-refractivity contribution in [3.8, 4) is 0 Å². The zero-order valence-electron chi connectivity index (χ0n) is 16.4. The van der Waals surface area contributed by atoms with E-state index in [0.29, 0.717) is 0 Å². The number of aromatic nitrogens is 1. The maximum Gasteiger partial charge on any atom is 0.0551 e. The molecule has 0 radical (unpaired) electrons. The van der Waals surface area contributed by atoms with Crippen LogP contribution in [0.4, 0.5) is 0 Å². The zero-order chi connectivity index (χ0) is 20.4. The van der Waals surface area contributed by atoms with Gasteiger partial charge in [0.2, 0.25) is 0 Å². The first-order valence-electron chi connectivity index (χ1n) is 9.61. The van der Waals surface area contributed by atoms with Gasteiger partial charge in [-0.1, -0.05) is 111 Å². The fourth-order valence-electron chi connectivity index (χ4n) is 4.11. The number of hydrogen-bond donors (Lipinski definition) is 1. The summed E-state index contributed by atoms with van der Waals surface area (Å²) < 4.78 is 0. The molecular weight excluding hydrogens is 350 g/mol. The van der Waals surface area contributed by atoms with Gasteiger partial charge in [0.1, 0.15) is 0 Å². The Kier molecular flexibility index (Phi) is 4.88. The number of rotatable bonds is 6. The highest BCUT2D eigenvalue weighted by molar-refractivity contribution is 6.27. The smallest absolute Gasteiger partial charge is 0.0551 e. The maximum absolute atomic E-state index is 4.06. The van der Waals surface area contributed by atoms with Gasteiger partial charge < -0.3 is 4.98 Å². The molecule has 29 heavy (non-hydrogen) atoms. The normalized spacial score (nSPS) is 12.4. The molecule has 3 aromatic carbocycles. The van der Waals surface area contributed by atoms with Gasteiger partial charge >= 0.3 is 0 Å². The van der Waals surface area contributed by atoms with E-state index in [9.17, 15) is 0 Å². The molecule has 0 saturated heterocycles. The molecular formula is C28H23N. The number of allylic oxidation sites excluding steroid dienone is 8. The van der Waals surface area contributed by atoms with E-state index in [0.717, 1.165) is 27.9 Å². The monoisotopic (exact) mass is 373 g/mol. The van der Waals surface area contributed by atoms with Gasteiger partial charge in [0.15, 0.2) is 0 Å². The molecule has 4 rings (SSSR count). The van der Waals surface area contributed by atoms with E-state index in [1.54, 1.807) is 12.2 Å². The molecule has 0 amide bonds. The number of benzene rings is 3. The van der Waals surface area contributed by atoms with Crippen molar-refractivity contribution in [2.24, 2.45) is 0 Å². The second kappa shape index (κ2) is 7.65. The lowest BCUT2D eigenvalue weighted by Crippen LogP contribution is -1.89. The summed E-state index contributed by atoms with van der Waals surface area (Å²) in [5.41, 5.74) is 5.21. The number of aromatic amines is 1. The maximum atomic E-state index is 4.06. The van der Waals surface area contributed by atoms with Gasteiger partial charge in [-0.3, -0.25) is 0 Å². The summed E-state index contributed by atoms with van der Waals surface area (Å²) in [6, 6.07) is 17.1. The van der Waals surface area contributed by atoms with Crippen LogP contribution in [0.25, 0.3) is 43.6 Å². The third-order valence-electron chi connectivity index (χ3n) is 5.29. The SMILES string of the molecule is C=C/C=C(\C=C)c1[nH]c2c3ccccc3c3ccccc3c2c1/C(C=C)=C/C=C. The third-order valence-corrected chi connectivity index (χ3v) is 5.29. The average Bonchev–Trinajstić information content (AvgIpc) is 3.16. The van der Waals surface area contributed by atoms with Crippen molar-refractivity contribution in [3.63, 3.8) is 0 Å². The molecule has 4 aromatic rings. The minimum Gasteiger partial charge on any atom is -0.353 e. The molecule has 0 bridgehead atoms. The van der Waals surface area contributed by atoms with E-state index in [2.05, 4.69) is 79.8 Å². The van der Waals surface area contributed by atoms with E-state index in [1.807, 2.05) is 24.3 Å². The summed E-state index contributed by atoms with van der Waals surface area (Å²) in [5.74, 6) is 0. The van der Waals surface area contributed by atoms with Crippen molar-refractivity contribution < 1.29 is 0 Å². The van der Waals surface area contributed by atoms with Crippen LogP contribution in [0.5, 0.6) is 0 Å². The van der Waals surface area contributed by atoms with Crippen LogP contribution in [-0.2, 0) is 0 Å². The first-order valence-corrected chi connectivity index (χ1v) is 9.61. The lowest BCUT2D eigenvalue weighted by Gasteiger charge is -2.10. The lowest BCUT2D eigenvalue weighted by molar-refractivity contribution is 1.40. The zero-order valence-corrected chi connectivity index (χ0v) is 16.4. The van der Waals surface area contributed by atoms with E-state index >= 15 is 0 Å². The molecule has 1 aromatic heterocycles. The number of H-pyrrole nitrogens is 1. The van der Waals surface area contributed by atoms with Crippen molar-refractivity contribution in [1.82, 2.24) is 4.98 Å². The Morgan fingerprint density at radius 2 is 1.17 bits per heavy atom. The quantitative estimate of drug-likeness (QED) is 0.260. The summed E-state index contributed by atoms with van der Waals surface area (Å²) in [7, 11) is 0. The number of nitrogens with one attached hydrogen (secondary N) is 1. The summed E-state index contributed by atoms with van der Waals surface area (Å²) >= 11 is 0. The van der Waals surface area contributed by atoms with E-state index in [4.69, 9.17) is 0 Å². The molecule has 140 valence electrons. The molecule has 1 N–H and O–H groups in total. The largest absolute Gasteiger partial charge is 0.353 e. The molecule has 0 saturated carbocycles. The van der Waals surface area contributed by atoms with E-state index in [-0.39, 0.29) is 0 Å². The predicted octanol–water partition coefficient (Wildman–Crippen LogP) is 7.99. The molecule has 0 atom stereocenters. The van der Waals surface area contributed by atoms with Crippen molar-refractivity contribution in [1.29, 1.82) is 0 Å². The Labute approximate surface area is 171 Å². The highest BCUT2D eigenvalue weighted by Crippen LogP contribution is 2.42. The highest BCUT2D eigenvalue weighted by atomic mass is 14.7. The molecule has 1 nitrogen and oxygen atoms in total. The van der Waals surface area contributed by atoms with Gasteiger partial charge in [0.25, 0.3) is 0 Å². The summed E-state index contributed by atoms with van der Waals surface area (Å²) in [6.07, 6.45) is 11.3. The third kappa shape index (κ3) is 2.88. The first-order chi connectivity index (χ1) is 14.2. The Bertz CT molecular complexity index is 1360. The molecule has 0 aliphatic rings. The molecule has 1 heterocycles. The lowest BCUT2D eigenvalue weighted by atomic mass is 9.92. The highest BCUT2D eigenvalue weighted by Gasteiger charge is 2.20. The van der Waals surface area contributed by atoms with E-state index < -0.39 is 0 Å². The van der Waals surface area contributed by atoms with Gasteiger partial charge in [0, 0.05) is 16.3 Å². The molecule has 0 aliphatic heterocycles. The van der Waals surface area contributed by atoms with Gasteiger partial charge in [-0.25, -0.2) is 0 Å². The molecule has 0 spiro atoms. The van der Waals surface area contributed by atoms with Crippen LogP contribution in [0.2, 0.25) is 0 Å². The molecule has 0 fully saturated rings. The number of hydrogen-bond acceptors (Lipinski definition) is 0. The van der Waals surface area contributed by atoms with Crippen LogP contribution in [0.1, 0.15) is 11.3 Å². The van der Waals surface area contributed by atoms with Crippen LogP contribution in [-0.4, -0.2) is 4.98 Å². The molecule has 0 aliphatic carbocycles. The fraction of sp³-hybridized carbons (Fsp3) is 0. The minimum atomic E-state index is 0.983. The van der Waals surface area contributed by atoms with Crippen LogP contribution >= 0.6 is 0 Å². The Hall–Kier alpha value is -3.84. The van der Waals surface area contributed by atoms with Crippen molar-refractivity contribution in [2.45, 2.75) is 0 Å². The van der Waals surface area contributed by atoms with Crippen molar-refractivity contribution >= 4 is 43.6 Å². The summed E-state index contributed by atoms with van der Waals surface area (Å²) in [6.45, 7) is 15.8. The minimum absolute atomic E-state index is 0.983. The van der Waals surface area contributed by atoms with Gasteiger partial charge in [-0.15, -0.1) is 0 Å². The van der Waals surface area contributed by atoms with Crippen molar-refractivity contribution in [2.75, 3.05) is 0 Å². The Balaban J connectivity index is 2.35. The Morgan fingerprint density at radius 1 is 0.655 bits per heavy atom. The van der Waals surface area contributed by atoms with Crippen LogP contribution in [0.15, 0.2) is 111 Å². The fourth-order valence-corrected chi connectivity index (χ4v) is 4.11. The van der Waals surface area contributed by atoms with E-state index in [1.165, 1.54) is 26.9 Å². The Morgan fingerprint density at radius 3 is 1.76 bits per heavy atom. The number of fused-ring (bicyclic) bond motifs is 6. The van der Waals surface area contributed by atoms with Crippen LogP contribution in [0, 0.1) is 0 Å². The second-order valence-electron chi connectivity index (χ2n) is 6.84. The molecule has 0 unspecified atom stereocenters.